The van der Waals surface area contributed by atoms with Crippen molar-refractivity contribution in [2.24, 2.45) is 11.8 Å². The number of hydrogen-bond acceptors (Lipinski definition) is 3. The minimum Gasteiger partial charge on any atom is -0.333 e. The fraction of sp³-hybridized carbons (Fsp3) is 0.500. The summed E-state index contributed by atoms with van der Waals surface area (Å²) in [5, 5.41) is 1.12. The van der Waals surface area contributed by atoms with Crippen LogP contribution in [0.25, 0.3) is 10.2 Å². The van der Waals surface area contributed by atoms with Crippen molar-refractivity contribution in [1.29, 1.82) is 0 Å². The molecule has 3 nitrogen and oxygen atoms in total. The van der Waals surface area contributed by atoms with E-state index in [1.165, 1.54) is 4.70 Å². The van der Waals surface area contributed by atoms with Gasteiger partial charge in [-0.25, -0.2) is 4.98 Å². The maximum absolute atomic E-state index is 12.5. The number of amides is 1. The van der Waals surface area contributed by atoms with E-state index < -0.39 is 0 Å². The van der Waals surface area contributed by atoms with E-state index in [0.717, 1.165) is 36.3 Å². The number of carbonyl (C=O) groups excluding carboxylic acids is 1. The smallest absolute Gasteiger partial charge is 0.226 e. The molecule has 1 saturated heterocycles. The number of aromatic nitrogens is 1. The second-order valence-corrected chi connectivity index (χ2v) is 7.09. The SMILES string of the molecule is C[C@@H]1C[C@H]1C(=O)N1CCC[C@H]1c1nc2ccccc2s1. The van der Waals surface area contributed by atoms with E-state index >= 15 is 0 Å². The molecule has 2 fully saturated rings. The van der Waals surface area contributed by atoms with Crippen LogP contribution in [0.2, 0.25) is 0 Å². The predicted molar refractivity (Wildman–Crippen MR) is 80.6 cm³/mol. The van der Waals surface area contributed by atoms with Gasteiger partial charge in [-0.1, -0.05) is 19.1 Å². The summed E-state index contributed by atoms with van der Waals surface area (Å²) in [6, 6.07) is 8.45. The van der Waals surface area contributed by atoms with E-state index in [2.05, 4.69) is 24.0 Å². The van der Waals surface area contributed by atoms with Crippen LogP contribution >= 0.6 is 11.3 Å². The maximum Gasteiger partial charge on any atom is 0.226 e. The van der Waals surface area contributed by atoms with Gasteiger partial charge < -0.3 is 4.90 Å². The second kappa shape index (κ2) is 4.55. The van der Waals surface area contributed by atoms with Gasteiger partial charge in [0.25, 0.3) is 0 Å². The lowest BCUT2D eigenvalue weighted by molar-refractivity contribution is -0.133. The molecule has 3 atom stereocenters. The Kier molecular flexibility index (Phi) is 2.81. The summed E-state index contributed by atoms with van der Waals surface area (Å²) in [5.41, 5.74) is 1.06. The van der Waals surface area contributed by atoms with Gasteiger partial charge in [-0.3, -0.25) is 4.79 Å². The van der Waals surface area contributed by atoms with E-state index in [-0.39, 0.29) is 12.0 Å². The van der Waals surface area contributed by atoms with E-state index in [4.69, 9.17) is 4.98 Å². The average Bonchev–Trinajstić information content (AvgIpc) is 2.92. The Hall–Kier alpha value is -1.42. The lowest BCUT2D eigenvalue weighted by Gasteiger charge is -2.23. The van der Waals surface area contributed by atoms with Crippen molar-refractivity contribution in [3.05, 3.63) is 29.3 Å². The van der Waals surface area contributed by atoms with Crippen LogP contribution in [0.5, 0.6) is 0 Å². The maximum atomic E-state index is 12.5. The number of rotatable bonds is 2. The first-order valence-electron chi connectivity index (χ1n) is 7.40. The molecule has 1 aliphatic heterocycles. The van der Waals surface area contributed by atoms with E-state index in [1.54, 1.807) is 11.3 Å². The number of para-hydroxylation sites is 1. The molecule has 4 rings (SSSR count). The highest BCUT2D eigenvalue weighted by atomic mass is 32.1. The van der Waals surface area contributed by atoms with E-state index in [1.807, 2.05) is 12.1 Å². The topological polar surface area (TPSA) is 33.2 Å². The molecule has 0 unspecified atom stereocenters. The Morgan fingerprint density at radius 2 is 2.20 bits per heavy atom. The van der Waals surface area contributed by atoms with Crippen molar-refractivity contribution in [2.75, 3.05) is 6.54 Å². The fourth-order valence-electron chi connectivity index (χ4n) is 3.20. The van der Waals surface area contributed by atoms with Crippen molar-refractivity contribution in [3.8, 4) is 0 Å². The molecule has 0 N–H and O–H groups in total. The lowest BCUT2D eigenvalue weighted by Crippen LogP contribution is -2.32. The molecule has 1 amide bonds. The standard InChI is InChI=1S/C16H18N2OS/c1-10-9-11(10)16(19)18-8-4-6-13(18)15-17-12-5-2-3-7-14(12)20-15/h2-3,5,7,10-11,13H,4,6,8-9H2,1H3/t10-,11-,13+/m1/s1. The molecule has 0 bridgehead atoms. The van der Waals surface area contributed by atoms with Crippen LogP contribution in [0.1, 0.15) is 37.2 Å². The minimum absolute atomic E-state index is 0.215. The molecule has 104 valence electrons. The number of nitrogens with zero attached hydrogens (tertiary/aromatic N) is 2. The Labute approximate surface area is 122 Å². The molecule has 1 aliphatic carbocycles. The molecular formula is C16H18N2OS. The molecule has 0 radical (unpaired) electrons. The molecule has 2 aromatic rings. The number of thiazole rings is 1. The van der Waals surface area contributed by atoms with Gasteiger partial charge in [0, 0.05) is 12.5 Å². The Morgan fingerprint density at radius 3 is 2.95 bits per heavy atom. The van der Waals surface area contributed by atoms with Crippen LogP contribution in [-0.4, -0.2) is 22.3 Å². The van der Waals surface area contributed by atoms with E-state index in [0.29, 0.717) is 11.8 Å². The Balaban J connectivity index is 1.64. The first kappa shape index (κ1) is 12.3. The van der Waals surface area contributed by atoms with Crippen molar-refractivity contribution >= 4 is 27.5 Å². The number of fused-ring (bicyclic) bond motifs is 1. The summed E-state index contributed by atoms with van der Waals surface area (Å²) < 4.78 is 1.22. The van der Waals surface area contributed by atoms with Gasteiger partial charge in [0.1, 0.15) is 5.01 Å². The van der Waals surface area contributed by atoms with Gasteiger partial charge >= 0.3 is 0 Å². The largest absolute Gasteiger partial charge is 0.333 e. The number of benzene rings is 1. The first-order valence-corrected chi connectivity index (χ1v) is 8.21. The third-order valence-electron chi connectivity index (χ3n) is 4.56. The van der Waals surface area contributed by atoms with Crippen LogP contribution in [0.15, 0.2) is 24.3 Å². The Morgan fingerprint density at radius 1 is 1.40 bits per heavy atom. The zero-order valence-corrected chi connectivity index (χ0v) is 12.4. The van der Waals surface area contributed by atoms with Gasteiger partial charge in [-0.15, -0.1) is 11.3 Å². The quantitative estimate of drug-likeness (QED) is 0.845. The molecule has 1 aromatic carbocycles. The average molecular weight is 286 g/mol. The first-order chi connectivity index (χ1) is 9.74. The third-order valence-corrected chi connectivity index (χ3v) is 5.70. The lowest BCUT2D eigenvalue weighted by atomic mass is 10.2. The summed E-state index contributed by atoms with van der Waals surface area (Å²) in [6.45, 7) is 3.08. The summed E-state index contributed by atoms with van der Waals surface area (Å²) in [4.78, 5) is 19.4. The minimum atomic E-state index is 0.215. The third kappa shape index (κ3) is 1.94. The van der Waals surface area contributed by atoms with Crippen molar-refractivity contribution in [3.63, 3.8) is 0 Å². The van der Waals surface area contributed by atoms with Gasteiger partial charge in [-0.2, -0.15) is 0 Å². The van der Waals surface area contributed by atoms with Gasteiger partial charge in [0.15, 0.2) is 0 Å². The molecule has 4 heteroatoms. The van der Waals surface area contributed by atoms with Gasteiger partial charge in [0.05, 0.1) is 16.3 Å². The normalized spacial score (nSPS) is 29.1. The summed E-state index contributed by atoms with van der Waals surface area (Å²) in [7, 11) is 0. The van der Waals surface area contributed by atoms with Crippen LogP contribution in [-0.2, 0) is 4.79 Å². The van der Waals surface area contributed by atoms with E-state index in [9.17, 15) is 4.79 Å². The zero-order chi connectivity index (χ0) is 13.7. The van der Waals surface area contributed by atoms with Crippen LogP contribution in [0.3, 0.4) is 0 Å². The summed E-state index contributed by atoms with van der Waals surface area (Å²) in [5.74, 6) is 1.23. The number of likely N-dealkylation sites (tertiary alicyclic amines) is 1. The molecule has 0 spiro atoms. The van der Waals surface area contributed by atoms with Crippen LogP contribution < -0.4 is 0 Å². The fourth-order valence-corrected chi connectivity index (χ4v) is 4.31. The summed E-state index contributed by atoms with van der Waals surface area (Å²) in [6.07, 6.45) is 3.24. The van der Waals surface area contributed by atoms with Crippen molar-refractivity contribution in [1.82, 2.24) is 9.88 Å². The van der Waals surface area contributed by atoms with Crippen molar-refractivity contribution < 1.29 is 4.79 Å². The molecular weight excluding hydrogens is 268 g/mol. The highest BCUT2D eigenvalue weighted by Gasteiger charge is 2.44. The van der Waals surface area contributed by atoms with Gasteiger partial charge in [0.2, 0.25) is 5.91 Å². The molecule has 1 aromatic heterocycles. The van der Waals surface area contributed by atoms with Crippen LogP contribution in [0.4, 0.5) is 0 Å². The molecule has 2 heterocycles. The van der Waals surface area contributed by atoms with Gasteiger partial charge in [-0.05, 0) is 37.3 Å². The number of hydrogen-bond donors (Lipinski definition) is 0. The highest BCUT2D eigenvalue weighted by molar-refractivity contribution is 7.18. The van der Waals surface area contributed by atoms with Crippen LogP contribution in [0, 0.1) is 11.8 Å². The molecule has 2 aliphatic rings. The zero-order valence-electron chi connectivity index (χ0n) is 11.6. The predicted octanol–water partition coefficient (Wildman–Crippen LogP) is 3.62. The monoisotopic (exact) mass is 286 g/mol. The molecule has 1 saturated carbocycles. The highest BCUT2D eigenvalue weighted by Crippen LogP contribution is 2.44. The number of carbonyl (C=O) groups is 1. The molecule has 20 heavy (non-hydrogen) atoms. The second-order valence-electron chi connectivity index (χ2n) is 6.03. The Bertz CT molecular complexity index is 632. The summed E-state index contributed by atoms with van der Waals surface area (Å²) >= 11 is 1.74. The van der Waals surface area contributed by atoms with Crippen molar-refractivity contribution in [2.45, 2.75) is 32.2 Å².